The maximum Gasteiger partial charge on any atom is 0.251 e. The monoisotopic (exact) mass is 249 g/mol. The zero-order chi connectivity index (χ0) is 13.5. The molecule has 0 aliphatic carbocycles. The summed E-state index contributed by atoms with van der Waals surface area (Å²) in [6.45, 7) is 1.28. The van der Waals surface area contributed by atoms with Gasteiger partial charge in [0.2, 0.25) is 11.8 Å². The molecule has 1 atom stereocenters. The minimum atomic E-state index is -0.739. The topological polar surface area (TPSA) is 101 Å². The van der Waals surface area contributed by atoms with E-state index in [1.54, 1.807) is 30.3 Å². The number of amides is 3. The van der Waals surface area contributed by atoms with Gasteiger partial charge in [-0.3, -0.25) is 14.4 Å². The van der Waals surface area contributed by atoms with E-state index in [0.717, 1.165) is 0 Å². The highest BCUT2D eigenvalue weighted by Gasteiger charge is 2.16. The standard InChI is InChI=1S/C12H15N3O3/c1-8(11(17)14-7-10(13)16)15-12(18)9-5-3-2-4-6-9/h2-6,8H,7H2,1H3,(H2,13,16)(H,14,17)(H,15,18). The molecule has 1 aromatic rings. The van der Waals surface area contributed by atoms with E-state index >= 15 is 0 Å². The molecule has 18 heavy (non-hydrogen) atoms. The van der Waals surface area contributed by atoms with Gasteiger partial charge in [-0.15, -0.1) is 0 Å². The lowest BCUT2D eigenvalue weighted by molar-refractivity contribution is -0.125. The molecule has 0 bridgehead atoms. The molecule has 0 spiro atoms. The maximum atomic E-state index is 11.7. The lowest BCUT2D eigenvalue weighted by atomic mass is 10.2. The first-order chi connectivity index (χ1) is 8.50. The normalized spacial score (nSPS) is 11.4. The van der Waals surface area contributed by atoms with Gasteiger partial charge in [-0.05, 0) is 19.1 Å². The summed E-state index contributed by atoms with van der Waals surface area (Å²) in [5, 5.41) is 4.83. The Bertz CT molecular complexity index is 445. The number of hydrogen-bond donors (Lipinski definition) is 3. The van der Waals surface area contributed by atoms with Gasteiger partial charge in [0.05, 0.1) is 6.54 Å². The van der Waals surface area contributed by atoms with E-state index in [0.29, 0.717) is 5.56 Å². The Hall–Kier alpha value is -2.37. The third-order valence-electron chi connectivity index (χ3n) is 2.21. The molecular weight excluding hydrogens is 234 g/mol. The molecule has 1 aromatic carbocycles. The van der Waals surface area contributed by atoms with Gasteiger partial charge >= 0.3 is 0 Å². The molecule has 1 unspecified atom stereocenters. The molecule has 4 N–H and O–H groups in total. The van der Waals surface area contributed by atoms with E-state index in [2.05, 4.69) is 10.6 Å². The largest absolute Gasteiger partial charge is 0.368 e. The molecule has 0 aliphatic rings. The van der Waals surface area contributed by atoms with Crippen LogP contribution in [0.25, 0.3) is 0 Å². The fourth-order valence-corrected chi connectivity index (χ4v) is 1.26. The van der Waals surface area contributed by atoms with Crippen molar-refractivity contribution in [2.45, 2.75) is 13.0 Å². The average Bonchev–Trinajstić information content (AvgIpc) is 2.36. The SMILES string of the molecule is CC(NC(=O)c1ccccc1)C(=O)NCC(N)=O. The average molecular weight is 249 g/mol. The Morgan fingerprint density at radius 1 is 1.22 bits per heavy atom. The van der Waals surface area contributed by atoms with Crippen LogP contribution in [0.5, 0.6) is 0 Å². The van der Waals surface area contributed by atoms with Crippen molar-refractivity contribution in [1.29, 1.82) is 0 Å². The van der Waals surface area contributed by atoms with Crippen LogP contribution in [0, 0.1) is 0 Å². The molecule has 6 nitrogen and oxygen atoms in total. The van der Waals surface area contributed by atoms with Crippen molar-refractivity contribution in [2.24, 2.45) is 5.73 Å². The number of nitrogens with one attached hydrogen (secondary N) is 2. The van der Waals surface area contributed by atoms with Gasteiger partial charge < -0.3 is 16.4 Å². The molecule has 3 amide bonds. The predicted molar refractivity (Wildman–Crippen MR) is 65.6 cm³/mol. The molecule has 0 saturated heterocycles. The second-order valence-corrected chi connectivity index (χ2v) is 3.75. The Balaban J connectivity index is 2.49. The Morgan fingerprint density at radius 2 is 1.83 bits per heavy atom. The number of rotatable bonds is 5. The minimum Gasteiger partial charge on any atom is -0.368 e. The number of primary amides is 1. The predicted octanol–water partition coefficient (Wildman–Crippen LogP) is -0.594. The van der Waals surface area contributed by atoms with Crippen LogP contribution in [-0.2, 0) is 9.59 Å². The molecule has 0 aliphatic heterocycles. The third kappa shape index (κ3) is 4.25. The smallest absolute Gasteiger partial charge is 0.251 e. The molecule has 0 heterocycles. The number of hydrogen-bond acceptors (Lipinski definition) is 3. The van der Waals surface area contributed by atoms with Gasteiger partial charge in [0.15, 0.2) is 0 Å². The van der Waals surface area contributed by atoms with Crippen molar-refractivity contribution >= 4 is 17.7 Å². The highest BCUT2D eigenvalue weighted by molar-refractivity contribution is 5.97. The van der Waals surface area contributed by atoms with Crippen molar-refractivity contribution in [3.05, 3.63) is 35.9 Å². The molecule has 6 heteroatoms. The summed E-state index contributed by atoms with van der Waals surface area (Å²) in [6.07, 6.45) is 0. The maximum absolute atomic E-state index is 11.7. The van der Waals surface area contributed by atoms with E-state index in [1.807, 2.05) is 0 Å². The van der Waals surface area contributed by atoms with E-state index < -0.39 is 17.9 Å². The minimum absolute atomic E-state index is 0.246. The van der Waals surface area contributed by atoms with Crippen molar-refractivity contribution in [1.82, 2.24) is 10.6 Å². The lowest BCUT2D eigenvalue weighted by Gasteiger charge is -2.13. The summed E-state index contributed by atoms with van der Waals surface area (Å²) < 4.78 is 0. The Labute approximate surface area is 105 Å². The fraction of sp³-hybridized carbons (Fsp3) is 0.250. The van der Waals surface area contributed by atoms with E-state index in [1.165, 1.54) is 6.92 Å². The summed E-state index contributed by atoms with van der Waals surface area (Å²) in [6, 6.07) is 7.79. The summed E-state index contributed by atoms with van der Waals surface area (Å²) in [7, 11) is 0. The number of nitrogens with two attached hydrogens (primary N) is 1. The summed E-state index contributed by atoms with van der Waals surface area (Å²) in [4.78, 5) is 33.7. The van der Waals surface area contributed by atoms with Crippen molar-refractivity contribution < 1.29 is 14.4 Å². The number of carbonyl (C=O) groups excluding carboxylic acids is 3. The molecule has 0 saturated carbocycles. The quantitative estimate of drug-likeness (QED) is 0.649. The van der Waals surface area contributed by atoms with Crippen LogP contribution >= 0.6 is 0 Å². The highest BCUT2D eigenvalue weighted by atomic mass is 16.2. The second kappa shape index (κ2) is 6.39. The van der Waals surface area contributed by atoms with Gasteiger partial charge in [0.1, 0.15) is 6.04 Å². The number of carbonyl (C=O) groups is 3. The van der Waals surface area contributed by atoms with Crippen LogP contribution in [0.3, 0.4) is 0 Å². The van der Waals surface area contributed by atoms with Crippen molar-refractivity contribution in [2.75, 3.05) is 6.54 Å². The van der Waals surface area contributed by atoms with E-state index in [4.69, 9.17) is 5.73 Å². The molecule has 0 radical (unpaired) electrons. The van der Waals surface area contributed by atoms with Gasteiger partial charge in [-0.1, -0.05) is 18.2 Å². The first-order valence-corrected chi connectivity index (χ1v) is 5.42. The van der Waals surface area contributed by atoms with Crippen LogP contribution in [0.4, 0.5) is 0 Å². The lowest BCUT2D eigenvalue weighted by Crippen LogP contribution is -2.46. The van der Waals surface area contributed by atoms with Crippen molar-refractivity contribution in [3.8, 4) is 0 Å². The van der Waals surface area contributed by atoms with Crippen LogP contribution in [0.15, 0.2) is 30.3 Å². The van der Waals surface area contributed by atoms with Gasteiger partial charge in [0, 0.05) is 5.56 Å². The van der Waals surface area contributed by atoms with Gasteiger partial charge in [-0.2, -0.15) is 0 Å². The first-order valence-electron chi connectivity index (χ1n) is 5.42. The summed E-state index contributed by atoms with van der Waals surface area (Å²) >= 11 is 0. The van der Waals surface area contributed by atoms with Crippen LogP contribution in [-0.4, -0.2) is 30.3 Å². The second-order valence-electron chi connectivity index (χ2n) is 3.75. The molecule has 96 valence electrons. The zero-order valence-electron chi connectivity index (χ0n) is 9.97. The van der Waals surface area contributed by atoms with Crippen LogP contribution in [0.1, 0.15) is 17.3 Å². The van der Waals surface area contributed by atoms with Gasteiger partial charge in [-0.25, -0.2) is 0 Å². The Morgan fingerprint density at radius 3 is 2.39 bits per heavy atom. The summed E-state index contributed by atoms with van der Waals surface area (Å²) in [5.74, 6) is -1.44. The molecular formula is C12H15N3O3. The fourth-order valence-electron chi connectivity index (χ4n) is 1.26. The highest BCUT2D eigenvalue weighted by Crippen LogP contribution is 1.98. The summed E-state index contributed by atoms with van der Waals surface area (Å²) in [5.41, 5.74) is 5.36. The first kappa shape index (κ1) is 13.7. The van der Waals surface area contributed by atoms with Crippen LogP contribution < -0.4 is 16.4 Å². The van der Waals surface area contributed by atoms with Gasteiger partial charge in [0.25, 0.3) is 5.91 Å². The van der Waals surface area contributed by atoms with E-state index in [9.17, 15) is 14.4 Å². The molecule has 1 rings (SSSR count). The number of benzene rings is 1. The van der Waals surface area contributed by atoms with Crippen molar-refractivity contribution in [3.63, 3.8) is 0 Å². The Kier molecular flexibility index (Phi) is 4.86. The zero-order valence-corrected chi connectivity index (χ0v) is 9.97. The van der Waals surface area contributed by atoms with Crippen LogP contribution in [0.2, 0.25) is 0 Å². The molecule has 0 fully saturated rings. The van der Waals surface area contributed by atoms with E-state index in [-0.39, 0.29) is 12.5 Å². The third-order valence-corrected chi connectivity index (χ3v) is 2.21. The molecule has 0 aromatic heterocycles.